The van der Waals surface area contributed by atoms with Gasteiger partial charge in [-0.1, -0.05) is 57.0 Å². The van der Waals surface area contributed by atoms with Crippen LogP contribution in [0.1, 0.15) is 56.7 Å². The highest BCUT2D eigenvalue weighted by Crippen LogP contribution is 2.42. The number of aromatic nitrogens is 1. The molecule has 4 rings (SSSR count). The molecule has 3 aromatic rings. The van der Waals surface area contributed by atoms with Crippen LogP contribution in [0.5, 0.6) is 5.75 Å². The third kappa shape index (κ3) is 4.38. The number of hydrogen-bond acceptors (Lipinski definition) is 4. The van der Waals surface area contributed by atoms with E-state index in [1.807, 2.05) is 43.5 Å². The Labute approximate surface area is 193 Å². The second-order valence-corrected chi connectivity index (χ2v) is 8.37. The number of para-hydroxylation sites is 1. The number of nitrogens with one attached hydrogen (secondary N) is 1. The van der Waals surface area contributed by atoms with E-state index >= 15 is 0 Å². The molecule has 0 aliphatic carbocycles. The molecule has 2 aromatic carbocycles. The lowest BCUT2D eigenvalue weighted by atomic mass is 9.95. The van der Waals surface area contributed by atoms with E-state index in [2.05, 4.69) is 11.9 Å². The summed E-state index contributed by atoms with van der Waals surface area (Å²) in [4.78, 5) is 31.2. The van der Waals surface area contributed by atoms with Gasteiger partial charge in [-0.25, -0.2) is 0 Å². The zero-order chi connectivity index (χ0) is 23.4. The number of ether oxygens (including phenoxy) is 1. The number of rotatable bonds is 9. The standard InChI is InChI=1S/C27H30N2O4/c1-3-5-8-14-29-24(21-17-28-22-13-7-6-12-20(21)22)23(26(31)27(29)32)25(30)18-10-9-11-19(16-18)33-15-4-2/h6-7,9-13,16-17,24,28,30H,3-5,8,14-15H2,1-2H3/b25-23+. The Morgan fingerprint density at radius 1 is 1.06 bits per heavy atom. The minimum atomic E-state index is -0.654. The summed E-state index contributed by atoms with van der Waals surface area (Å²) >= 11 is 0. The van der Waals surface area contributed by atoms with Crippen LogP contribution in [0.15, 0.2) is 60.3 Å². The predicted octanol–water partition coefficient (Wildman–Crippen LogP) is 5.57. The summed E-state index contributed by atoms with van der Waals surface area (Å²) in [5, 5.41) is 12.2. The van der Waals surface area contributed by atoms with Gasteiger partial charge in [-0.05, 0) is 31.0 Å². The maximum Gasteiger partial charge on any atom is 0.295 e. The molecule has 33 heavy (non-hydrogen) atoms. The Hall–Kier alpha value is -3.54. The van der Waals surface area contributed by atoms with Crippen LogP contribution >= 0.6 is 0 Å². The van der Waals surface area contributed by atoms with Crippen molar-refractivity contribution in [1.82, 2.24) is 9.88 Å². The molecule has 1 fully saturated rings. The molecule has 1 aliphatic heterocycles. The van der Waals surface area contributed by atoms with E-state index < -0.39 is 17.7 Å². The highest BCUT2D eigenvalue weighted by molar-refractivity contribution is 6.46. The fourth-order valence-electron chi connectivity index (χ4n) is 4.39. The Morgan fingerprint density at radius 2 is 1.88 bits per heavy atom. The zero-order valence-corrected chi connectivity index (χ0v) is 19.1. The Kier molecular flexibility index (Phi) is 6.82. The van der Waals surface area contributed by atoms with Crippen LogP contribution in [0.25, 0.3) is 16.7 Å². The third-order valence-electron chi connectivity index (χ3n) is 6.04. The molecule has 1 amide bonds. The fraction of sp³-hybridized carbons (Fsp3) is 0.333. The summed E-state index contributed by atoms with van der Waals surface area (Å²) in [6.07, 6.45) is 5.46. The number of carbonyl (C=O) groups is 2. The molecule has 2 N–H and O–H groups in total. The smallest absolute Gasteiger partial charge is 0.295 e. The van der Waals surface area contributed by atoms with Crippen molar-refractivity contribution >= 4 is 28.4 Å². The largest absolute Gasteiger partial charge is 0.507 e. The average molecular weight is 447 g/mol. The van der Waals surface area contributed by atoms with Crippen LogP contribution in [0, 0.1) is 0 Å². The molecule has 172 valence electrons. The summed E-state index contributed by atoms with van der Waals surface area (Å²) < 4.78 is 5.70. The highest BCUT2D eigenvalue weighted by Gasteiger charge is 2.46. The van der Waals surface area contributed by atoms with Gasteiger partial charge in [0.1, 0.15) is 11.5 Å². The van der Waals surface area contributed by atoms with Gasteiger partial charge in [0.15, 0.2) is 0 Å². The topological polar surface area (TPSA) is 82.6 Å². The minimum Gasteiger partial charge on any atom is -0.507 e. The van der Waals surface area contributed by atoms with E-state index in [0.717, 1.165) is 42.1 Å². The number of hydrogen-bond donors (Lipinski definition) is 2. The Morgan fingerprint density at radius 3 is 2.67 bits per heavy atom. The van der Waals surface area contributed by atoms with E-state index in [-0.39, 0.29) is 11.3 Å². The van der Waals surface area contributed by atoms with Gasteiger partial charge in [0, 0.05) is 34.8 Å². The Balaban J connectivity index is 1.84. The van der Waals surface area contributed by atoms with Gasteiger partial charge in [-0.2, -0.15) is 0 Å². The van der Waals surface area contributed by atoms with Crippen LogP contribution in [-0.4, -0.2) is 39.8 Å². The molecule has 6 heteroatoms. The number of Topliss-reactive ketones (excluding diaryl/α,β-unsaturated/α-hetero) is 1. The van der Waals surface area contributed by atoms with Gasteiger partial charge < -0.3 is 19.7 Å². The van der Waals surface area contributed by atoms with E-state index in [4.69, 9.17) is 4.74 Å². The molecular formula is C27H30N2O4. The van der Waals surface area contributed by atoms with Crippen molar-refractivity contribution in [3.8, 4) is 5.75 Å². The van der Waals surface area contributed by atoms with Gasteiger partial charge >= 0.3 is 0 Å². The Bertz CT molecular complexity index is 1190. The van der Waals surface area contributed by atoms with Gasteiger partial charge in [0.05, 0.1) is 18.2 Å². The van der Waals surface area contributed by atoms with Crippen LogP contribution in [-0.2, 0) is 9.59 Å². The lowest BCUT2D eigenvalue weighted by Gasteiger charge is -2.25. The molecule has 2 heterocycles. The first-order valence-electron chi connectivity index (χ1n) is 11.6. The predicted molar refractivity (Wildman–Crippen MR) is 129 cm³/mol. The van der Waals surface area contributed by atoms with Crippen molar-refractivity contribution in [3.05, 3.63) is 71.4 Å². The molecular weight excluding hydrogens is 416 g/mol. The number of fused-ring (bicyclic) bond motifs is 1. The molecule has 0 radical (unpaired) electrons. The fourth-order valence-corrected chi connectivity index (χ4v) is 4.39. The molecule has 1 unspecified atom stereocenters. The summed E-state index contributed by atoms with van der Waals surface area (Å²) in [7, 11) is 0. The molecule has 1 atom stereocenters. The van der Waals surface area contributed by atoms with E-state index in [1.54, 1.807) is 23.1 Å². The second kappa shape index (κ2) is 9.94. The average Bonchev–Trinajstić information content (AvgIpc) is 3.37. The van der Waals surface area contributed by atoms with Crippen molar-refractivity contribution in [2.75, 3.05) is 13.2 Å². The maximum atomic E-state index is 13.2. The molecule has 0 saturated carbocycles. The first-order chi connectivity index (χ1) is 16.1. The normalized spacial score (nSPS) is 17.8. The SMILES string of the molecule is CCCCCN1C(=O)C(=O)/C(=C(/O)c2cccc(OCCC)c2)C1c1c[nH]c2ccccc12. The number of aromatic amines is 1. The maximum absolute atomic E-state index is 13.2. The third-order valence-corrected chi connectivity index (χ3v) is 6.04. The summed E-state index contributed by atoms with van der Waals surface area (Å²) in [5.74, 6) is -0.786. The van der Waals surface area contributed by atoms with E-state index in [0.29, 0.717) is 24.5 Å². The second-order valence-electron chi connectivity index (χ2n) is 8.37. The molecule has 0 spiro atoms. The minimum absolute atomic E-state index is 0.119. The number of benzene rings is 2. The molecule has 0 bridgehead atoms. The van der Waals surface area contributed by atoms with Gasteiger partial charge in [-0.15, -0.1) is 0 Å². The molecule has 1 saturated heterocycles. The van der Waals surface area contributed by atoms with Gasteiger partial charge in [-0.3, -0.25) is 9.59 Å². The number of unbranched alkanes of at least 4 members (excludes halogenated alkanes) is 2. The van der Waals surface area contributed by atoms with Crippen molar-refractivity contribution in [1.29, 1.82) is 0 Å². The van der Waals surface area contributed by atoms with Crippen molar-refractivity contribution in [2.45, 2.75) is 45.6 Å². The van der Waals surface area contributed by atoms with Crippen molar-refractivity contribution in [3.63, 3.8) is 0 Å². The van der Waals surface area contributed by atoms with Crippen molar-refractivity contribution < 1.29 is 19.4 Å². The summed E-state index contributed by atoms with van der Waals surface area (Å²) in [6.45, 7) is 5.13. The molecule has 1 aliphatic rings. The van der Waals surface area contributed by atoms with Gasteiger partial charge in [0.25, 0.3) is 11.7 Å². The molecule has 6 nitrogen and oxygen atoms in total. The zero-order valence-electron chi connectivity index (χ0n) is 19.1. The number of likely N-dealkylation sites (tertiary alicyclic amines) is 1. The number of aliphatic hydroxyl groups excluding tert-OH is 1. The van der Waals surface area contributed by atoms with Crippen LogP contribution in [0.2, 0.25) is 0 Å². The first kappa shape index (κ1) is 22.6. The number of aliphatic hydroxyl groups is 1. The monoisotopic (exact) mass is 446 g/mol. The lowest BCUT2D eigenvalue weighted by molar-refractivity contribution is -0.139. The summed E-state index contributed by atoms with van der Waals surface area (Å²) in [6, 6.07) is 14.2. The lowest BCUT2D eigenvalue weighted by Crippen LogP contribution is -2.30. The number of nitrogens with zero attached hydrogens (tertiary/aromatic N) is 1. The number of H-pyrrole nitrogens is 1. The number of carbonyl (C=O) groups excluding carboxylic acids is 2. The highest BCUT2D eigenvalue weighted by atomic mass is 16.5. The number of amides is 1. The van der Waals surface area contributed by atoms with Gasteiger partial charge in [0.2, 0.25) is 0 Å². The first-order valence-corrected chi connectivity index (χ1v) is 11.6. The molecule has 1 aromatic heterocycles. The van der Waals surface area contributed by atoms with E-state index in [1.165, 1.54) is 0 Å². The van der Waals surface area contributed by atoms with Crippen LogP contribution in [0.4, 0.5) is 0 Å². The van der Waals surface area contributed by atoms with Crippen molar-refractivity contribution in [2.24, 2.45) is 0 Å². The summed E-state index contributed by atoms with van der Waals surface area (Å²) in [5.41, 5.74) is 2.30. The van der Waals surface area contributed by atoms with E-state index in [9.17, 15) is 14.7 Å². The quantitative estimate of drug-likeness (QED) is 0.195. The number of ketones is 1. The van der Waals surface area contributed by atoms with Crippen LogP contribution in [0.3, 0.4) is 0 Å². The van der Waals surface area contributed by atoms with Crippen LogP contribution < -0.4 is 4.74 Å².